The third-order valence-electron chi connectivity index (χ3n) is 4.09. The minimum atomic E-state index is -0.0138. The van der Waals surface area contributed by atoms with Crippen molar-refractivity contribution in [3.05, 3.63) is 47.2 Å². The zero-order chi connectivity index (χ0) is 16.9. The number of anilines is 2. The molecule has 1 aliphatic heterocycles. The number of aromatic nitrogens is 2. The van der Waals surface area contributed by atoms with Gasteiger partial charge in [0.1, 0.15) is 0 Å². The largest absolute Gasteiger partial charge is 0.336 e. The fraction of sp³-hybridized carbons (Fsp3) is 0.353. The zero-order valence-corrected chi connectivity index (χ0v) is 14.3. The maximum Gasteiger partial charge on any atom is 0.257 e. The van der Waals surface area contributed by atoms with Gasteiger partial charge in [0, 0.05) is 49.3 Å². The highest BCUT2D eigenvalue weighted by Gasteiger charge is 2.21. The maximum atomic E-state index is 12.5. The molecular weight excluding hydrogens is 326 g/mol. The van der Waals surface area contributed by atoms with E-state index in [0.717, 1.165) is 38.4 Å². The van der Waals surface area contributed by atoms with Crippen LogP contribution in [0, 0.1) is 0 Å². The molecule has 0 atom stereocenters. The summed E-state index contributed by atoms with van der Waals surface area (Å²) in [4.78, 5) is 25.1. The van der Waals surface area contributed by atoms with Gasteiger partial charge in [-0.25, -0.2) is 9.97 Å². The van der Waals surface area contributed by atoms with Crippen molar-refractivity contribution in [2.45, 2.75) is 6.92 Å². The smallest absolute Gasteiger partial charge is 0.257 e. The molecule has 126 valence electrons. The third-order valence-corrected chi connectivity index (χ3v) is 4.32. The normalized spacial score (nSPS) is 15.3. The van der Waals surface area contributed by atoms with Crippen LogP contribution in [0.1, 0.15) is 17.3 Å². The van der Waals surface area contributed by atoms with Gasteiger partial charge in [0.2, 0.25) is 5.95 Å². The number of hydrogen-bond acceptors (Lipinski definition) is 5. The number of likely N-dealkylation sites (N-methyl/N-ethyl adjacent to an activating group) is 1. The van der Waals surface area contributed by atoms with Crippen LogP contribution in [0.4, 0.5) is 11.6 Å². The van der Waals surface area contributed by atoms with E-state index >= 15 is 0 Å². The maximum absolute atomic E-state index is 12.5. The molecule has 0 aliphatic carbocycles. The monoisotopic (exact) mass is 345 g/mol. The number of carbonyl (C=O) groups excluding carboxylic acids is 1. The van der Waals surface area contributed by atoms with Crippen molar-refractivity contribution in [1.82, 2.24) is 19.8 Å². The van der Waals surface area contributed by atoms with E-state index in [2.05, 4.69) is 27.1 Å². The SMILES string of the molecule is CCN1CCN(C(=O)c2cnc(Nc3cccc(Cl)c3)nc2)CC1. The molecule has 2 aromatic rings. The Balaban J connectivity index is 1.63. The number of halogens is 1. The van der Waals surface area contributed by atoms with Gasteiger partial charge in [0.05, 0.1) is 5.56 Å². The Bertz CT molecular complexity index is 698. The first-order valence-electron chi connectivity index (χ1n) is 8.02. The summed E-state index contributed by atoms with van der Waals surface area (Å²) in [7, 11) is 0. The summed E-state index contributed by atoms with van der Waals surface area (Å²) in [6, 6.07) is 7.31. The van der Waals surface area contributed by atoms with Crippen LogP contribution in [0.2, 0.25) is 5.02 Å². The average molecular weight is 346 g/mol. The molecule has 0 spiro atoms. The van der Waals surface area contributed by atoms with Crippen molar-refractivity contribution in [3.8, 4) is 0 Å². The molecule has 1 aliphatic rings. The van der Waals surface area contributed by atoms with E-state index < -0.39 is 0 Å². The molecule has 1 aromatic heterocycles. The Morgan fingerprint density at radius 1 is 1.21 bits per heavy atom. The molecule has 6 nitrogen and oxygen atoms in total. The number of rotatable bonds is 4. The second kappa shape index (κ2) is 7.59. The Morgan fingerprint density at radius 3 is 2.54 bits per heavy atom. The van der Waals surface area contributed by atoms with Crippen LogP contribution in [-0.2, 0) is 0 Å². The molecule has 0 unspecified atom stereocenters. The third kappa shape index (κ3) is 4.01. The molecule has 3 rings (SSSR count). The summed E-state index contributed by atoms with van der Waals surface area (Å²) in [5, 5.41) is 3.70. The van der Waals surface area contributed by atoms with Crippen LogP contribution in [0.5, 0.6) is 0 Å². The van der Waals surface area contributed by atoms with E-state index in [1.54, 1.807) is 24.5 Å². The summed E-state index contributed by atoms with van der Waals surface area (Å²) in [5.41, 5.74) is 1.31. The van der Waals surface area contributed by atoms with Crippen molar-refractivity contribution >= 4 is 29.1 Å². The molecule has 1 aromatic carbocycles. The molecule has 1 saturated heterocycles. The van der Waals surface area contributed by atoms with Gasteiger partial charge in [0.25, 0.3) is 5.91 Å². The number of carbonyl (C=O) groups is 1. The number of amides is 1. The van der Waals surface area contributed by atoms with Crippen LogP contribution >= 0.6 is 11.6 Å². The van der Waals surface area contributed by atoms with Crippen molar-refractivity contribution in [1.29, 1.82) is 0 Å². The Morgan fingerprint density at radius 2 is 1.92 bits per heavy atom. The molecule has 1 amide bonds. The standard InChI is InChI=1S/C17H20ClN5O/c1-2-22-6-8-23(9-7-22)16(24)13-11-19-17(20-12-13)21-15-5-3-4-14(18)10-15/h3-5,10-12H,2,6-9H2,1H3,(H,19,20,21). The molecule has 0 radical (unpaired) electrons. The van der Waals surface area contributed by atoms with Gasteiger partial charge in [-0.05, 0) is 24.7 Å². The Labute approximate surface area is 146 Å². The van der Waals surface area contributed by atoms with Gasteiger partial charge in [-0.2, -0.15) is 0 Å². The summed E-state index contributed by atoms with van der Waals surface area (Å²) < 4.78 is 0. The van der Waals surface area contributed by atoms with Crippen LogP contribution in [0.3, 0.4) is 0 Å². The molecule has 7 heteroatoms. The van der Waals surface area contributed by atoms with Gasteiger partial charge < -0.3 is 15.1 Å². The van der Waals surface area contributed by atoms with E-state index in [4.69, 9.17) is 11.6 Å². The molecule has 1 fully saturated rings. The topological polar surface area (TPSA) is 61.4 Å². The molecule has 0 saturated carbocycles. The van der Waals surface area contributed by atoms with Crippen molar-refractivity contribution in [2.75, 3.05) is 38.0 Å². The van der Waals surface area contributed by atoms with Gasteiger partial charge in [0.15, 0.2) is 0 Å². The lowest BCUT2D eigenvalue weighted by atomic mass is 10.2. The average Bonchev–Trinajstić information content (AvgIpc) is 2.62. The van der Waals surface area contributed by atoms with Crippen LogP contribution in [0.15, 0.2) is 36.7 Å². The predicted molar refractivity (Wildman–Crippen MR) is 94.8 cm³/mol. The van der Waals surface area contributed by atoms with Crippen LogP contribution in [-0.4, -0.2) is 58.4 Å². The number of hydrogen-bond donors (Lipinski definition) is 1. The lowest BCUT2D eigenvalue weighted by Crippen LogP contribution is -2.48. The van der Waals surface area contributed by atoms with E-state index in [-0.39, 0.29) is 5.91 Å². The molecule has 1 N–H and O–H groups in total. The zero-order valence-electron chi connectivity index (χ0n) is 13.6. The Kier molecular flexibility index (Phi) is 5.27. The first-order chi connectivity index (χ1) is 11.7. The molecule has 24 heavy (non-hydrogen) atoms. The van der Waals surface area contributed by atoms with Gasteiger partial charge in [-0.15, -0.1) is 0 Å². The summed E-state index contributed by atoms with van der Waals surface area (Å²) in [6.07, 6.45) is 3.13. The second-order valence-corrected chi connectivity index (χ2v) is 6.09. The van der Waals surface area contributed by atoms with Crippen molar-refractivity contribution < 1.29 is 4.79 Å². The number of nitrogens with one attached hydrogen (secondary N) is 1. The lowest BCUT2D eigenvalue weighted by Gasteiger charge is -2.33. The van der Waals surface area contributed by atoms with E-state index in [9.17, 15) is 4.79 Å². The molecule has 0 bridgehead atoms. The Hall–Kier alpha value is -2.18. The second-order valence-electron chi connectivity index (χ2n) is 5.66. The predicted octanol–water partition coefficient (Wildman–Crippen LogP) is 2.65. The highest BCUT2D eigenvalue weighted by Crippen LogP contribution is 2.18. The van der Waals surface area contributed by atoms with E-state index in [1.807, 2.05) is 17.0 Å². The summed E-state index contributed by atoms with van der Waals surface area (Å²) >= 11 is 5.95. The fourth-order valence-electron chi connectivity index (χ4n) is 2.65. The number of nitrogens with zero attached hydrogens (tertiary/aromatic N) is 4. The minimum Gasteiger partial charge on any atom is -0.336 e. The van der Waals surface area contributed by atoms with Gasteiger partial charge in [-0.1, -0.05) is 24.6 Å². The fourth-order valence-corrected chi connectivity index (χ4v) is 2.84. The summed E-state index contributed by atoms with van der Waals surface area (Å²) in [6.45, 7) is 6.48. The summed E-state index contributed by atoms with van der Waals surface area (Å²) in [5.74, 6) is 0.421. The van der Waals surface area contributed by atoms with Crippen LogP contribution in [0.25, 0.3) is 0 Å². The highest BCUT2D eigenvalue weighted by atomic mass is 35.5. The highest BCUT2D eigenvalue weighted by molar-refractivity contribution is 6.30. The first kappa shape index (κ1) is 16.7. The van der Waals surface area contributed by atoms with Gasteiger partial charge >= 0.3 is 0 Å². The number of benzene rings is 1. The van der Waals surface area contributed by atoms with Gasteiger partial charge in [-0.3, -0.25) is 4.79 Å². The first-order valence-corrected chi connectivity index (χ1v) is 8.40. The number of piperazine rings is 1. The quantitative estimate of drug-likeness (QED) is 0.923. The minimum absolute atomic E-state index is 0.0138. The van der Waals surface area contributed by atoms with Crippen LogP contribution < -0.4 is 5.32 Å². The molecular formula is C17H20ClN5O. The van der Waals surface area contributed by atoms with E-state index in [0.29, 0.717) is 16.5 Å². The van der Waals surface area contributed by atoms with Crippen molar-refractivity contribution in [2.24, 2.45) is 0 Å². The molecule has 2 heterocycles. The van der Waals surface area contributed by atoms with Crippen molar-refractivity contribution in [3.63, 3.8) is 0 Å². The lowest BCUT2D eigenvalue weighted by molar-refractivity contribution is 0.0642. The van der Waals surface area contributed by atoms with E-state index in [1.165, 1.54) is 0 Å².